The van der Waals surface area contributed by atoms with E-state index < -0.39 is 10.0 Å². The summed E-state index contributed by atoms with van der Waals surface area (Å²) in [5.41, 5.74) is 1.93. The number of nitrogens with one attached hydrogen (secondary N) is 2. The van der Waals surface area contributed by atoms with E-state index in [0.717, 1.165) is 17.3 Å². The molecule has 30 heavy (non-hydrogen) atoms. The third-order valence-electron chi connectivity index (χ3n) is 4.26. The average Bonchev–Trinajstić information content (AvgIpc) is 3.01. The molecule has 0 atom stereocenters. The van der Waals surface area contributed by atoms with E-state index in [1.54, 1.807) is 49.4 Å². The topological polar surface area (TPSA) is 113 Å². The second-order valence-electron chi connectivity index (χ2n) is 6.69. The largest absolute Gasteiger partial charge is 0.322 e. The zero-order chi connectivity index (χ0) is 21.7. The number of nitrogens with zero attached hydrogens (tertiary/aromatic N) is 1. The van der Waals surface area contributed by atoms with Gasteiger partial charge in [-0.2, -0.15) is 0 Å². The molecule has 1 aliphatic heterocycles. The van der Waals surface area contributed by atoms with E-state index in [0.29, 0.717) is 23.4 Å². The maximum absolute atomic E-state index is 12.5. The van der Waals surface area contributed by atoms with Gasteiger partial charge in [-0.3, -0.25) is 24.0 Å². The minimum absolute atomic E-state index is 0.00306. The van der Waals surface area contributed by atoms with Gasteiger partial charge in [0.1, 0.15) is 0 Å². The van der Waals surface area contributed by atoms with Crippen LogP contribution in [0.4, 0.5) is 16.2 Å². The van der Waals surface area contributed by atoms with E-state index in [9.17, 15) is 22.8 Å². The summed E-state index contributed by atoms with van der Waals surface area (Å²) in [4.78, 5) is 37.1. The van der Waals surface area contributed by atoms with Crippen LogP contribution in [0.15, 0.2) is 48.5 Å². The number of benzene rings is 2. The summed E-state index contributed by atoms with van der Waals surface area (Å²) in [6.07, 6.45) is 0.490. The van der Waals surface area contributed by atoms with Gasteiger partial charge >= 0.3 is 0 Å². The molecule has 1 aliphatic rings. The molecule has 0 aromatic heterocycles. The summed E-state index contributed by atoms with van der Waals surface area (Å²) in [7, 11) is -3.44. The highest BCUT2D eigenvalue weighted by atomic mass is 32.2. The summed E-state index contributed by atoms with van der Waals surface area (Å²) >= 11 is 0.987. The van der Waals surface area contributed by atoms with Crippen molar-refractivity contribution in [1.29, 1.82) is 0 Å². The van der Waals surface area contributed by atoms with Crippen LogP contribution in [0.2, 0.25) is 0 Å². The van der Waals surface area contributed by atoms with Crippen LogP contribution in [0.3, 0.4) is 0 Å². The Labute approximate surface area is 179 Å². The second-order valence-corrected chi connectivity index (χ2v) is 9.46. The Morgan fingerprint density at radius 1 is 1.10 bits per heavy atom. The van der Waals surface area contributed by atoms with Gasteiger partial charge in [0.15, 0.2) is 0 Å². The number of amides is 3. The van der Waals surface area contributed by atoms with E-state index >= 15 is 0 Å². The number of carbonyl (C=O) groups is 3. The lowest BCUT2D eigenvalue weighted by Gasteiger charge is -2.13. The van der Waals surface area contributed by atoms with Crippen molar-refractivity contribution in [2.45, 2.75) is 19.9 Å². The quantitative estimate of drug-likeness (QED) is 0.642. The molecule has 0 radical (unpaired) electrons. The maximum Gasteiger partial charge on any atom is 0.289 e. The molecular formula is C20H21N3O5S2. The predicted octanol–water partition coefficient (Wildman–Crippen LogP) is 3.29. The monoisotopic (exact) mass is 447 g/mol. The number of anilines is 2. The van der Waals surface area contributed by atoms with Crippen LogP contribution in [0.5, 0.6) is 0 Å². The molecule has 2 N–H and O–H groups in total. The normalized spacial score (nSPS) is 14.1. The minimum atomic E-state index is -3.44. The molecule has 8 nitrogen and oxygen atoms in total. The van der Waals surface area contributed by atoms with Crippen LogP contribution in [0.1, 0.15) is 29.3 Å². The van der Waals surface area contributed by atoms with Gasteiger partial charge in [-0.15, -0.1) is 0 Å². The third-order valence-corrected chi connectivity index (χ3v) is 6.62. The van der Waals surface area contributed by atoms with Crippen molar-refractivity contribution in [3.8, 4) is 0 Å². The number of imide groups is 1. The fraction of sp³-hybridized carbons (Fsp3) is 0.250. The molecule has 2 aromatic rings. The van der Waals surface area contributed by atoms with Crippen LogP contribution in [0.25, 0.3) is 0 Å². The minimum Gasteiger partial charge on any atom is -0.322 e. The lowest BCUT2D eigenvalue weighted by Crippen LogP contribution is -2.27. The SMILES string of the molecule is CCCS(=O)(=O)Nc1cccc(C(=O)Nc2ccc(CN3C(=O)CSC3=O)cc2)c1. The lowest BCUT2D eigenvalue weighted by atomic mass is 10.1. The number of hydrogen-bond donors (Lipinski definition) is 2. The summed E-state index contributed by atoms with van der Waals surface area (Å²) < 4.78 is 26.3. The highest BCUT2D eigenvalue weighted by Gasteiger charge is 2.29. The smallest absolute Gasteiger partial charge is 0.289 e. The van der Waals surface area contributed by atoms with E-state index in [1.807, 2.05) is 0 Å². The molecule has 10 heteroatoms. The van der Waals surface area contributed by atoms with Gasteiger partial charge in [-0.05, 0) is 42.3 Å². The molecule has 3 rings (SSSR count). The first-order chi connectivity index (χ1) is 14.3. The lowest BCUT2D eigenvalue weighted by molar-refractivity contribution is -0.125. The van der Waals surface area contributed by atoms with Crippen molar-refractivity contribution in [1.82, 2.24) is 4.90 Å². The first-order valence-electron chi connectivity index (χ1n) is 9.25. The van der Waals surface area contributed by atoms with Crippen LogP contribution < -0.4 is 10.0 Å². The van der Waals surface area contributed by atoms with E-state index in [1.165, 1.54) is 11.0 Å². The Balaban J connectivity index is 1.64. The molecule has 0 spiro atoms. The van der Waals surface area contributed by atoms with Crippen LogP contribution in [0, 0.1) is 0 Å². The molecule has 158 valence electrons. The number of carbonyl (C=O) groups excluding carboxylic acids is 3. The predicted molar refractivity (Wildman–Crippen MR) is 117 cm³/mol. The van der Waals surface area contributed by atoms with Gasteiger partial charge in [-0.1, -0.05) is 36.9 Å². The van der Waals surface area contributed by atoms with Crippen LogP contribution in [-0.4, -0.2) is 41.9 Å². The molecular weight excluding hydrogens is 426 g/mol. The number of thioether (sulfide) groups is 1. The highest BCUT2D eigenvalue weighted by molar-refractivity contribution is 8.14. The molecule has 1 heterocycles. The third kappa shape index (κ3) is 5.61. The molecule has 1 saturated heterocycles. The number of sulfonamides is 1. The van der Waals surface area contributed by atoms with E-state index in [4.69, 9.17) is 0 Å². The molecule has 2 aromatic carbocycles. The molecule has 0 bridgehead atoms. The standard InChI is InChI=1S/C20H21N3O5S2/c1-2-10-30(27,28)22-17-5-3-4-15(11-17)19(25)21-16-8-6-14(7-9-16)12-23-18(24)13-29-20(23)26/h3-9,11,22H,2,10,12-13H2,1H3,(H,21,25). The molecule has 1 fully saturated rings. The van der Waals surface area contributed by atoms with Crippen molar-refractivity contribution in [3.63, 3.8) is 0 Å². The van der Waals surface area contributed by atoms with Crippen LogP contribution >= 0.6 is 11.8 Å². The number of hydrogen-bond acceptors (Lipinski definition) is 6. The van der Waals surface area contributed by atoms with Crippen molar-refractivity contribution in [3.05, 3.63) is 59.7 Å². The molecule has 3 amide bonds. The Morgan fingerprint density at radius 2 is 1.83 bits per heavy atom. The summed E-state index contributed by atoms with van der Waals surface area (Å²) in [6.45, 7) is 1.97. The number of rotatable bonds is 8. The van der Waals surface area contributed by atoms with Gasteiger partial charge in [0.25, 0.3) is 11.1 Å². The Morgan fingerprint density at radius 3 is 2.47 bits per heavy atom. The van der Waals surface area contributed by atoms with Gasteiger partial charge in [0.2, 0.25) is 15.9 Å². The maximum atomic E-state index is 12.5. The van der Waals surface area contributed by atoms with Crippen LogP contribution in [-0.2, 0) is 21.4 Å². The fourth-order valence-corrected chi connectivity index (χ4v) is 4.69. The molecule has 0 aliphatic carbocycles. The Bertz CT molecular complexity index is 1050. The second kappa shape index (κ2) is 9.31. The fourth-order valence-electron chi connectivity index (χ4n) is 2.84. The van der Waals surface area contributed by atoms with Crippen molar-refractivity contribution in [2.24, 2.45) is 0 Å². The average molecular weight is 448 g/mol. The van der Waals surface area contributed by atoms with Gasteiger partial charge in [-0.25, -0.2) is 8.42 Å². The summed E-state index contributed by atoms with van der Waals surface area (Å²) in [5.74, 6) is -0.429. The van der Waals surface area contributed by atoms with E-state index in [-0.39, 0.29) is 35.1 Å². The van der Waals surface area contributed by atoms with Crippen molar-refractivity contribution in [2.75, 3.05) is 21.5 Å². The van der Waals surface area contributed by atoms with Gasteiger partial charge in [0.05, 0.1) is 18.1 Å². The first-order valence-corrected chi connectivity index (χ1v) is 11.9. The summed E-state index contributed by atoms with van der Waals surface area (Å²) in [6, 6.07) is 13.1. The molecule has 0 saturated carbocycles. The van der Waals surface area contributed by atoms with E-state index in [2.05, 4.69) is 10.0 Å². The van der Waals surface area contributed by atoms with Gasteiger partial charge in [0, 0.05) is 16.9 Å². The van der Waals surface area contributed by atoms with Gasteiger partial charge < -0.3 is 5.32 Å². The first kappa shape index (κ1) is 21.8. The highest BCUT2D eigenvalue weighted by Crippen LogP contribution is 2.22. The Kier molecular flexibility index (Phi) is 6.78. The zero-order valence-corrected chi connectivity index (χ0v) is 17.9. The van der Waals surface area contributed by atoms with Crippen molar-refractivity contribution >= 4 is 50.2 Å². The molecule has 0 unspecified atom stereocenters. The van der Waals surface area contributed by atoms with Crippen molar-refractivity contribution < 1.29 is 22.8 Å². The Hall–Kier alpha value is -2.85. The summed E-state index contributed by atoms with van der Waals surface area (Å²) in [5, 5.41) is 2.49. The zero-order valence-electron chi connectivity index (χ0n) is 16.3.